The molecule has 3 rings (SSSR count). The van der Waals surface area contributed by atoms with Crippen molar-refractivity contribution in [2.24, 2.45) is 4.99 Å². The normalized spacial score (nSPS) is 20.9. The van der Waals surface area contributed by atoms with Crippen LogP contribution in [0.5, 0.6) is 0 Å². The molecule has 1 saturated carbocycles. The van der Waals surface area contributed by atoms with E-state index < -0.39 is 10.8 Å². The van der Waals surface area contributed by atoms with Gasteiger partial charge in [-0.2, -0.15) is 0 Å². The Morgan fingerprint density at radius 1 is 1.17 bits per heavy atom. The molecular weight excluding hydrogens is 382 g/mol. The minimum atomic E-state index is -0.718. The van der Waals surface area contributed by atoms with Crippen molar-refractivity contribution in [3.63, 3.8) is 0 Å². The second-order valence-corrected chi connectivity index (χ2v) is 9.53. The van der Waals surface area contributed by atoms with E-state index in [-0.39, 0.29) is 0 Å². The molecule has 0 spiro atoms. The van der Waals surface area contributed by atoms with Gasteiger partial charge in [-0.1, -0.05) is 43.7 Å². The van der Waals surface area contributed by atoms with Crippen LogP contribution in [0.2, 0.25) is 0 Å². The average Bonchev–Trinajstić information content (AvgIpc) is 3.27. The van der Waals surface area contributed by atoms with E-state index in [1.165, 1.54) is 5.56 Å². The van der Waals surface area contributed by atoms with Crippen molar-refractivity contribution < 1.29 is 8.63 Å². The predicted molar refractivity (Wildman–Crippen MR) is 121 cm³/mol. The van der Waals surface area contributed by atoms with E-state index in [9.17, 15) is 4.21 Å². The number of rotatable bonds is 9. The van der Waals surface area contributed by atoms with Crippen molar-refractivity contribution in [2.45, 2.75) is 56.7 Å². The first-order valence-corrected chi connectivity index (χ1v) is 12.1. The number of guanidine groups is 1. The van der Waals surface area contributed by atoms with Gasteiger partial charge in [-0.05, 0) is 43.4 Å². The van der Waals surface area contributed by atoms with Crippen LogP contribution in [0.25, 0.3) is 0 Å². The first kappa shape index (κ1) is 21.6. The van der Waals surface area contributed by atoms with Gasteiger partial charge in [0.2, 0.25) is 0 Å². The molecule has 1 fully saturated rings. The number of nitrogens with zero attached hydrogens (tertiary/aromatic N) is 1. The van der Waals surface area contributed by atoms with Gasteiger partial charge in [0.15, 0.2) is 5.96 Å². The quantitative estimate of drug-likeness (QED) is 0.484. The maximum Gasteiger partial charge on any atom is 0.191 e. The Hall–Kier alpha value is -2.08. The molecule has 1 heterocycles. The van der Waals surface area contributed by atoms with Crippen LogP contribution in [0.3, 0.4) is 0 Å². The van der Waals surface area contributed by atoms with Crippen LogP contribution in [0.4, 0.5) is 0 Å². The van der Waals surface area contributed by atoms with E-state index in [1.54, 1.807) is 6.26 Å². The third-order valence-corrected chi connectivity index (χ3v) is 7.12. The average molecular weight is 416 g/mol. The molecule has 5 nitrogen and oxygen atoms in total. The fraction of sp³-hybridized carbons (Fsp3) is 0.522. The topological polar surface area (TPSA) is 66.6 Å². The van der Waals surface area contributed by atoms with E-state index in [0.29, 0.717) is 17.8 Å². The SMILES string of the molecule is CCS(=O)C1CCCC(NC(=NCCc2ccco2)NCCc2ccccc2)C1. The predicted octanol–water partition coefficient (Wildman–Crippen LogP) is 3.68. The zero-order valence-electron chi connectivity index (χ0n) is 17.3. The third-order valence-electron chi connectivity index (χ3n) is 5.38. The highest BCUT2D eigenvalue weighted by atomic mass is 32.2. The van der Waals surface area contributed by atoms with E-state index in [0.717, 1.165) is 62.5 Å². The van der Waals surface area contributed by atoms with Gasteiger partial charge in [0, 0.05) is 47.4 Å². The van der Waals surface area contributed by atoms with Crippen molar-refractivity contribution in [3.05, 3.63) is 60.1 Å². The molecule has 1 aliphatic rings. The molecule has 1 aliphatic carbocycles. The van der Waals surface area contributed by atoms with Gasteiger partial charge in [0.05, 0.1) is 6.26 Å². The Labute approximate surface area is 176 Å². The van der Waals surface area contributed by atoms with Crippen LogP contribution in [0.1, 0.15) is 43.9 Å². The van der Waals surface area contributed by atoms with Crippen LogP contribution in [0.15, 0.2) is 58.1 Å². The summed E-state index contributed by atoms with van der Waals surface area (Å²) in [7, 11) is -0.718. The number of hydrogen-bond donors (Lipinski definition) is 2. The number of hydrogen-bond acceptors (Lipinski definition) is 3. The van der Waals surface area contributed by atoms with E-state index in [2.05, 4.69) is 34.9 Å². The molecule has 0 radical (unpaired) electrons. The van der Waals surface area contributed by atoms with Crippen molar-refractivity contribution in [1.82, 2.24) is 10.6 Å². The summed E-state index contributed by atoms with van der Waals surface area (Å²) in [6.07, 6.45) is 7.70. The van der Waals surface area contributed by atoms with Crippen molar-refractivity contribution >= 4 is 16.8 Å². The highest BCUT2D eigenvalue weighted by Crippen LogP contribution is 2.23. The molecule has 0 amide bonds. The largest absolute Gasteiger partial charge is 0.469 e. The van der Waals surface area contributed by atoms with Crippen LogP contribution in [0, 0.1) is 0 Å². The van der Waals surface area contributed by atoms with Gasteiger partial charge in [-0.15, -0.1) is 0 Å². The molecule has 2 aromatic rings. The summed E-state index contributed by atoms with van der Waals surface area (Å²) in [5.74, 6) is 2.55. The summed E-state index contributed by atoms with van der Waals surface area (Å²) >= 11 is 0. The zero-order chi connectivity index (χ0) is 20.3. The molecule has 0 aliphatic heterocycles. The molecule has 29 heavy (non-hydrogen) atoms. The molecule has 0 bridgehead atoms. The Morgan fingerprint density at radius 2 is 2.03 bits per heavy atom. The van der Waals surface area contributed by atoms with Crippen LogP contribution >= 0.6 is 0 Å². The Kier molecular flexibility index (Phi) is 8.81. The van der Waals surface area contributed by atoms with Gasteiger partial charge < -0.3 is 15.1 Å². The van der Waals surface area contributed by atoms with E-state index >= 15 is 0 Å². The minimum Gasteiger partial charge on any atom is -0.469 e. The lowest BCUT2D eigenvalue weighted by molar-refractivity contribution is 0.413. The Bertz CT molecular complexity index is 762. The van der Waals surface area contributed by atoms with Gasteiger partial charge in [0.1, 0.15) is 5.76 Å². The monoisotopic (exact) mass is 415 g/mol. The second-order valence-electron chi connectivity index (χ2n) is 7.52. The van der Waals surface area contributed by atoms with E-state index in [4.69, 9.17) is 9.41 Å². The van der Waals surface area contributed by atoms with Crippen LogP contribution in [-0.2, 0) is 23.6 Å². The van der Waals surface area contributed by atoms with Crippen molar-refractivity contribution in [1.29, 1.82) is 0 Å². The summed E-state index contributed by atoms with van der Waals surface area (Å²) in [4.78, 5) is 4.77. The molecule has 1 aromatic heterocycles. The minimum absolute atomic E-state index is 0.305. The zero-order valence-corrected chi connectivity index (χ0v) is 18.1. The standard InChI is InChI=1S/C23H33N3O2S/c1-2-29(27)22-12-6-10-20(18-22)26-23(25-16-14-21-11-7-17-28-21)24-15-13-19-8-4-3-5-9-19/h3-5,7-9,11,17,20,22H,2,6,10,12-16,18H2,1H3,(H2,24,25,26). The summed E-state index contributed by atoms with van der Waals surface area (Å²) in [5, 5.41) is 7.40. The fourth-order valence-electron chi connectivity index (χ4n) is 3.80. The molecule has 3 unspecified atom stereocenters. The number of furan rings is 1. The lowest BCUT2D eigenvalue weighted by Crippen LogP contribution is -2.47. The van der Waals surface area contributed by atoms with Gasteiger partial charge in [0.25, 0.3) is 0 Å². The van der Waals surface area contributed by atoms with Gasteiger partial charge in [-0.3, -0.25) is 9.20 Å². The number of aliphatic imine (C=N–C) groups is 1. The summed E-state index contributed by atoms with van der Waals surface area (Å²) in [6, 6.07) is 14.7. The molecule has 6 heteroatoms. The van der Waals surface area contributed by atoms with Crippen molar-refractivity contribution in [3.8, 4) is 0 Å². The third kappa shape index (κ3) is 7.35. The first-order valence-electron chi connectivity index (χ1n) is 10.7. The molecule has 1 aromatic carbocycles. The van der Waals surface area contributed by atoms with Crippen LogP contribution < -0.4 is 10.6 Å². The van der Waals surface area contributed by atoms with Crippen LogP contribution in [-0.4, -0.2) is 40.3 Å². The lowest BCUT2D eigenvalue weighted by atomic mass is 9.95. The lowest BCUT2D eigenvalue weighted by Gasteiger charge is -2.30. The van der Waals surface area contributed by atoms with Gasteiger partial charge >= 0.3 is 0 Å². The van der Waals surface area contributed by atoms with E-state index in [1.807, 2.05) is 25.1 Å². The Morgan fingerprint density at radius 3 is 2.79 bits per heavy atom. The smallest absolute Gasteiger partial charge is 0.191 e. The molecule has 3 atom stereocenters. The maximum atomic E-state index is 12.3. The summed E-state index contributed by atoms with van der Waals surface area (Å²) < 4.78 is 17.7. The summed E-state index contributed by atoms with van der Waals surface area (Å²) in [5.41, 5.74) is 1.31. The Balaban J connectivity index is 1.56. The summed E-state index contributed by atoms with van der Waals surface area (Å²) in [6.45, 7) is 3.51. The second kappa shape index (κ2) is 11.8. The molecule has 0 saturated heterocycles. The number of nitrogens with one attached hydrogen (secondary N) is 2. The van der Waals surface area contributed by atoms with Gasteiger partial charge in [-0.25, -0.2) is 0 Å². The highest BCUT2D eigenvalue weighted by Gasteiger charge is 2.26. The number of benzene rings is 1. The maximum absolute atomic E-state index is 12.3. The molecule has 158 valence electrons. The molecule has 2 N–H and O–H groups in total. The highest BCUT2D eigenvalue weighted by molar-refractivity contribution is 7.85. The molecular formula is C23H33N3O2S. The first-order chi connectivity index (χ1) is 14.2. The van der Waals surface area contributed by atoms with Crippen molar-refractivity contribution in [2.75, 3.05) is 18.8 Å². The fourth-order valence-corrected chi connectivity index (χ4v) is 5.15.